The molecule has 1 heterocycles. The summed E-state index contributed by atoms with van der Waals surface area (Å²) in [7, 11) is 3.99. The largest absolute Gasteiger partial charge is 0.514 e. The average Bonchev–Trinajstić information content (AvgIpc) is 2.87. The summed E-state index contributed by atoms with van der Waals surface area (Å²) in [5, 5.41) is 0.834. The molecule has 0 aliphatic rings. The number of aromatic amines is 1. The van der Waals surface area contributed by atoms with Gasteiger partial charge in [0, 0.05) is 23.6 Å². The van der Waals surface area contributed by atoms with Crippen LogP contribution in [0.3, 0.4) is 0 Å². The molecule has 2 aromatic rings. The number of benzene rings is 1. The molecule has 22 heavy (non-hydrogen) atoms. The summed E-state index contributed by atoms with van der Waals surface area (Å²) < 4.78 is 9.80. The summed E-state index contributed by atoms with van der Waals surface area (Å²) in [5.41, 5.74) is 6.83. The zero-order valence-corrected chi connectivity index (χ0v) is 12.6. The number of nitrogens with two attached hydrogens (primary N) is 1. The van der Waals surface area contributed by atoms with Gasteiger partial charge in [-0.2, -0.15) is 0 Å². The SMILES string of the molecule is CN(C)CCc1c[nH]c2cccc(OC(=O)OCC(N)=O)c12. The van der Waals surface area contributed by atoms with Crippen molar-refractivity contribution in [3.05, 3.63) is 30.0 Å². The molecular formula is C15H19N3O4. The molecule has 2 rings (SSSR count). The Kier molecular flexibility index (Phi) is 5.00. The maximum Gasteiger partial charge on any atom is 0.514 e. The monoisotopic (exact) mass is 305 g/mol. The summed E-state index contributed by atoms with van der Waals surface area (Å²) >= 11 is 0. The van der Waals surface area contributed by atoms with Crippen LogP contribution in [-0.2, 0) is 16.0 Å². The van der Waals surface area contributed by atoms with Crippen molar-refractivity contribution in [2.75, 3.05) is 27.2 Å². The number of carbonyl (C=O) groups excluding carboxylic acids is 2. The Bertz CT molecular complexity index is 678. The highest BCUT2D eigenvalue weighted by Crippen LogP contribution is 2.29. The number of amides is 1. The Morgan fingerprint density at radius 1 is 1.32 bits per heavy atom. The van der Waals surface area contributed by atoms with Gasteiger partial charge in [0.2, 0.25) is 0 Å². The second-order valence-corrected chi connectivity index (χ2v) is 5.15. The van der Waals surface area contributed by atoms with Gasteiger partial charge in [0.25, 0.3) is 5.91 Å². The Morgan fingerprint density at radius 3 is 2.77 bits per heavy atom. The number of hydrogen-bond donors (Lipinski definition) is 2. The molecule has 0 atom stereocenters. The van der Waals surface area contributed by atoms with E-state index in [1.54, 1.807) is 12.1 Å². The van der Waals surface area contributed by atoms with Gasteiger partial charge in [-0.3, -0.25) is 4.79 Å². The summed E-state index contributed by atoms with van der Waals surface area (Å²) in [4.78, 5) is 27.4. The molecule has 0 aliphatic heterocycles. The molecule has 0 saturated heterocycles. The van der Waals surface area contributed by atoms with E-state index in [2.05, 4.69) is 14.6 Å². The minimum atomic E-state index is -0.953. The van der Waals surface area contributed by atoms with Crippen LogP contribution in [0.25, 0.3) is 10.9 Å². The first kappa shape index (κ1) is 15.8. The van der Waals surface area contributed by atoms with Gasteiger partial charge in [0.15, 0.2) is 6.61 Å². The first-order chi connectivity index (χ1) is 10.5. The smallest absolute Gasteiger partial charge is 0.424 e. The molecule has 3 N–H and O–H groups in total. The van der Waals surface area contributed by atoms with Crippen LogP contribution >= 0.6 is 0 Å². The Balaban J connectivity index is 2.19. The predicted molar refractivity (Wildman–Crippen MR) is 81.7 cm³/mol. The quantitative estimate of drug-likeness (QED) is 0.619. The number of likely N-dealkylation sites (N-methyl/N-ethyl adjacent to an activating group) is 1. The summed E-state index contributed by atoms with van der Waals surface area (Å²) in [5.74, 6) is -0.342. The number of H-pyrrole nitrogens is 1. The molecule has 0 saturated carbocycles. The van der Waals surface area contributed by atoms with Crippen LogP contribution in [0.5, 0.6) is 5.75 Å². The zero-order valence-electron chi connectivity index (χ0n) is 12.6. The van der Waals surface area contributed by atoms with Crippen LogP contribution < -0.4 is 10.5 Å². The summed E-state index contributed by atoms with van der Waals surface area (Å²) in [6.45, 7) is 0.364. The summed E-state index contributed by atoms with van der Waals surface area (Å²) in [6, 6.07) is 5.35. The fourth-order valence-corrected chi connectivity index (χ4v) is 2.10. The molecule has 1 amide bonds. The highest BCUT2D eigenvalue weighted by atomic mass is 16.7. The fraction of sp³-hybridized carbons (Fsp3) is 0.333. The van der Waals surface area contributed by atoms with Gasteiger partial charge in [-0.05, 0) is 38.2 Å². The first-order valence-corrected chi connectivity index (χ1v) is 6.84. The van der Waals surface area contributed by atoms with Crippen molar-refractivity contribution in [1.82, 2.24) is 9.88 Å². The highest BCUT2D eigenvalue weighted by Gasteiger charge is 2.14. The van der Waals surface area contributed by atoms with E-state index in [9.17, 15) is 9.59 Å². The predicted octanol–water partition coefficient (Wildman–Crippen LogP) is 1.27. The number of primary amides is 1. The van der Waals surface area contributed by atoms with Crippen LogP contribution in [-0.4, -0.2) is 49.2 Å². The van der Waals surface area contributed by atoms with Gasteiger partial charge in [-0.1, -0.05) is 6.07 Å². The third-order valence-electron chi connectivity index (χ3n) is 3.10. The maximum atomic E-state index is 11.6. The van der Waals surface area contributed by atoms with Gasteiger partial charge in [-0.25, -0.2) is 4.79 Å². The lowest BCUT2D eigenvalue weighted by Crippen LogP contribution is -2.22. The summed E-state index contributed by atoms with van der Waals surface area (Å²) in [6.07, 6.45) is 1.76. The van der Waals surface area contributed by atoms with Gasteiger partial charge in [0.05, 0.1) is 0 Å². The molecule has 7 nitrogen and oxygen atoms in total. The number of hydrogen-bond acceptors (Lipinski definition) is 5. The highest BCUT2D eigenvalue weighted by molar-refractivity contribution is 5.91. The maximum absolute atomic E-state index is 11.6. The van der Waals surface area contributed by atoms with Crippen LogP contribution in [0.15, 0.2) is 24.4 Å². The Morgan fingerprint density at radius 2 is 2.09 bits per heavy atom. The van der Waals surface area contributed by atoms with E-state index < -0.39 is 18.7 Å². The van der Waals surface area contributed by atoms with Gasteiger partial charge >= 0.3 is 6.16 Å². The topological polar surface area (TPSA) is 97.7 Å². The average molecular weight is 305 g/mol. The Labute approximate surface area is 128 Å². The Hall–Kier alpha value is -2.54. The molecule has 0 radical (unpaired) electrons. The van der Waals surface area contributed by atoms with E-state index >= 15 is 0 Å². The van der Waals surface area contributed by atoms with Gasteiger partial charge < -0.3 is 25.1 Å². The number of ether oxygens (including phenoxy) is 2. The van der Waals surface area contributed by atoms with E-state index in [1.165, 1.54) is 0 Å². The van der Waals surface area contributed by atoms with Crippen LogP contribution in [0.1, 0.15) is 5.56 Å². The molecule has 0 bridgehead atoms. The van der Waals surface area contributed by atoms with Crippen molar-refractivity contribution in [2.24, 2.45) is 5.73 Å². The lowest BCUT2D eigenvalue weighted by atomic mass is 10.1. The third-order valence-corrected chi connectivity index (χ3v) is 3.10. The molecular weight excluding hydrogens is 286 g/mol. The number of rotatable bonds is 6. The fourth-order valence-electron chi connectivity index (χ4n) is 2.10. The van der Waals surface area contributed by atoms with Crippen LogP contribution in [0.2, 0.25) is 0 Å². The number of aromatic nitrogens is 1. The molecule has 118 valence electrons. The molecule has 0 fully saturated rings. The van der Waals surface area contributed by atoms with E-state index in [0.29, 0.717) is 5.75 Å². The van der Waals surface area contributed by atoms with Crippen molar-refractivity contribution >= 4 is 23.0 Å². The third kappa shape index (κ3) is 3.98. The number of nitrogens with one attached hydrogen (secondary N) is 1. The number of nitrogens with zero attached hydrogens (tertiary/aromatic N) is 1. The van der Waals surface area contributed by atoms with Crippen molar-refractivity contribution in [2.45, 2.75) is 6.42 Å². The van der Waals surface area contributed by atoms with E-state index in [4.69, 9.17) is 10.5 Å². The van der Waals surface area contributed by atoms with Crippen molar-refractivity contribution in [3.63, 3.8) is 0 Å². The first-order valence-electron chi connectivity index (χ1n) is 6.84. The second-order valence-electron chi connectivity index (χ2n) is 5.15. The van der Waals surface area contributed by atoms with Crippen molar-refractivity contribution in [1.29, 1.82) is 0 Å². The normalized spacial score (nSPS) is 10.9. The van der Waals surface area contributed by atoms with Crippen LogP contribution in [0.4, 0.5) is 4.79 Å². The molecule has 7 heteroatoms. The molecule has 0 unspecified atom stereocenters. The van der Waals surface area contributed by atoms with Crippen molar-refractivity contribution in [3.8, 4) is 5.75 Å². The van der Waals surface area contributed by atoms with Crippen molar-refractivity contribution < 1.29 is 19.1 Å². The van der Waals surface area contributed by atoms with Gasteiger partial charge in [-0.15, -0.1) is 0 Å². The lowest BCUT2D eigenvalue weighted by Gasteiger charge is -2.10. The second kappa shape index (κ2) is 6.95. The minimum Gasteiger partial charge on any atom is -0.424 e. The molecule has 1 aromatic heterocycles. The van der Waals surface area contributed by atoms with Gasteiger partial charge in [0.1, 0.15) is 5.75 Å². The minimum absolute atomic E-state index is 0.391. The standard InChI is InChI=1S/C15H19N3O4/c1-18(2)7-6-10-8-17-11-4-3-5-12(14(10)11)22-15(20)21-9-13(16)19/h3-5,8,17H,6-7,9H2,1-2H3,(H2,16,19). The zero-order chi connectivity index (χ0) is 16.1. The van der Waals surface area contributed by atoms with E-state index in [-0.39, 0.29) is 0 Å². The van der Waals surface area contributed by atoms with E-state index in [1.807, 2.05) is 26.4 Å². The molecule has 1 aromatic carbocycles. The number of carbonyl (C=O) groups is 2. The number of fused-ring (bicyclic) bond motifs is 1. The lowest BCUT2D eigenvalue weighted by molar-refractivity contribution is -0.121. The molecule has 0 aliphatic carbocycles. The molecule has 0 spiro atoms. The van der Waals surface area contributed by atoms with Crippen LogP contribution in [0, 0.1) is 0 Å². The van der Waals surface area contributed by atoms with E-state index in [0.717, 1.165) is 29.4 Å².